The van der Waals surface area contributed by atoms with Crippen molar-refractivity contribution in [1.82, 2.24) is 0 Å². The molecule has 0 aromatic heterocycles. The van der Waals surface area contributed by atoms with Crippen molar-refractivity contribution in [3.8, 4) is 0 Å². The molecule has 0 spiro atoms. The van der Waals surface area contributed by atoms with Gasteiger partial charge >= 0.3 is 154 Å². The first-order valence-corrected chi connectivity index (χ1v) is 17.1. The van der Waals surface area contributed by atoms with E-state index < -0.39 is 26.8 Å². The van der Waals surface area contributed by atoms with Gasteiger partial charge in [-0.2, -0.15) is 0 Å². The first kappa shape index (κ1) is 21.4. The van der Waals surface area contributed by atoms with Crippen molar-refractivity contribution in [3.05, 3.63) is 104 Å². The van der Waals surface area contributed by atoms with E-state index in [2.05, 4.69) is 97.1 Å². The zero-order valence-corrected chi connectivity index (χ0v) is 19.8. The van der Waals surface area contributed by atoms with E-state index in [9.17, 15) is 0 Å². The molecule has 0 aliphatic heterocycles. The Morgan fingerprint density at radius 1 is 0.615 bits per heavy atom. The second-order valence-corrected chi connectivity index (χ2v) is 21.4. The van der Waals surface area contributed by atoms with Crippen molar-refractivity contribution in [1.29, 1.82) is 0 Å². The van der Waals surface area contributed by atoms with E-state index in [0.29, 0.717) is 0 Å². The van der Waals surface area contributed by atoms with Crippen LogP contribution in [0.1, 0.15) is 12.8 Å². The summed E-state index contributed by atoms with van der Waals surface area (Å²) >= 11 is -1.89. The van der Waals surface area contributed by atoms with Crippen molar-refractivity contribution in [3.63, 3.8) is 0 Å². The van der Waals surface area contributed by atoms with Gasteiger partial charge in [0.25, 0.3) is 0 Å². The summed E-state index contributed by atoms with van der Waals surface area (Å²) in [6.45, 7) is 0. The standard InChI is InChI=1S/C12H11Si.2C5H5.2ClH.Zr/c1-3-7-11(8-4-1)13-12-9-5-2-6-10-12;2*1-2-4-5-3-1;;;/h1-10,13H;2*1-3H,4H2;2*1H;. The van der Waals surface area contributed by atoms with E-state index in [4.69, 9.17) is 0 Å². The monoisotopic (exact) mass is 475 g/mol. The van der Waals surface area contributed by atoms with Gasteiger partial charge in [-0.3, -0.25) is 0 Å². The minimum absolute atomic E-state index is 0. The topological polar surface area (TPSA) is 0 Å². The normalized spacial score (nSPS) is 14.5. The number of hydrogen-bond acceptors (Lipinski definition) is 0. The van der Waals surface area contributed by atoms with E-state index in [1.165, 1.54) is 12.8 Å². The smallest absolute Gasteiger partial charge is 0.147 e. The summed E-state index contributed by atoms with van der Waals surface area (Å²) in [6, 6.07) is 22.7. The molecule has 0 nitrogen and oxygen atoms in total. The third kappa shape index (κ3) is 4.67. The molecule has 4 rings (SSSR count). The van der Waals surface area contributed by atoms with Gasteiger partial charge in [0.2, 0.25) is 0 Å². The first-order valence-electron chi connectivity index (χ1n) is 8.62. The molecule has 133 valence electrons. The van der Waals surface area contributed by atoms with Crippen LogP contribution < -0.4 is 10.4 Å². The average molecular weight is 478 g/mol. The SMILES string of the molecule is C1=CC[C]([Zr]([C]2=CC=CC2)[SiH](c2ccccc2)c2ccccc2)=C1.Cl.Cl. The maximum atomic E-state index is 2.44. The zero-order valence-electron chi connectivity index (χ0n) is 14.5. The van der Waals surface area contributed by atoms with Gasteiger partial charge in [0.05, 0.1) is 0 Å². The molecule has 0 unspecified atom stereocenters. The van der Waals surface area contributed by atoms with Crippen LogP contribution in [0.25, 0.3) is 0 Å². The van der Waals surface area contributed by atoms with E-state index in [1.807, 2.05) is 0 Å². The summed E-state index contributed by atoms with van der Waals surface area (Å²) in [5.74, 6) is -1.19. The Bertz CT molecular complexity index is 756. The quantitative estimate of drug-likeness (QED) is 0.549. The maximum absolute atomic E-state index is 2.44. The minimum Gasteiger partial charge on any atom is -0.147 e. The molecule has 26 heavy (non-hydrogen) atoms. The number of rotatable bonds is 5. The third-order valence-electron chi connectivity index (χ3n) is 4.79. The van der Waals surface area contributed by atoms with Gasteiger partial charge in [-0.05, 0) is 0 Å². The fourth-order valence-electron chi connectivity index (χ4n) is 3.69. The Morgan fingerprint density at radius 3 is 1.38 bits per heavy atom. The predicted octanol–water partition coefficient (Wildman–Crippen LogP) is 4.67. The van der Waals surface area contributed by atoms with E-state index in [0.717, 1.165) is 0 Å². The molecule has 0 atom stereocenters. The van der Waals surface area contributed by atoms with Crippen molar-refractivity contribution in [2.24, 2.45) is 0 Å². The second kappa shape index (κ2) is 10.4. The zero-order chi connectivity index (χ0) is 16.2. The Balaban J connectivity index is 0.00000121. The van der Waals surface area contributed by atoms with Crippen LogP contribution in [0.4, 0.5) is 0 Å². The summed E-state index contributed by atoms with van der Waals surface area (Å²) in [7, 11) is 0. The number of halogens is 2. The van der Waals surface area contributed by atoms with Crippen molar-refractivity contribution in [2.75, 3.05) is 0 Å². The predicted molar refractivity (Wildman–Crippen MR) is 117 cm³/mol. The van der Waals surface area contributed by atoms with Crippen LogP contribution in [-0.2, 0) is 20.9 Å². The van der Waals surface area contributed by atoms with Crippen LogP contribution in [0, 0.1) is 0 Å². The van der Waals surface area contributed by atoms with Crippen molar-refractivity contribution < 1.29 is 20.9 Å². The molecule has 0 amide bonds. The molecule has 2 aromatic rings. The molecular weight excluding hydrogens is 454 g/mol. The molecule has 0 N–H and O–H groups in total. The maximum Gasteiger partial charge on any atom is -0.147 e. The van der Waals surface area contributed by atoms with Gasteiger partial charge in [0.15, 0.2) is 0 Å². The Hall–Kier alpha value is -0.920. The van der Waals surface area contributed by atoms with Crippen LogP contribution >= 0.6 is 24.8 Å². The van der Waals surface area contributed by atoms with Crippen LogP contribution in [0.2, 0.25) is 0 Å². The van der Waals surface area contributed by atoms with Crippen LogP contribution in [0.15, 0.2) is 104 Å². The molecule has 0 fully saturated rings. The summed E-state index contributed by atoms with van der Waals surface area (Å²) < 4.78 is 3.58. The first-order chi connectivity index (χ1) is 11.9. The van der Waals surface area contributed by atoms with Crippen LogP contribution in [0.5, 0.6) is 0 Å². The van der Waals surface area contributed by atoms with Crippen LogP contribution in [-0.4, -0.2) is 5.92 Å². The van der Waals surface area contributed by atoms with Gasteiger partial charge in [-0.25, -0.2) is 0 Å². The molecule has 2 aliphatic rings. The Morgan fingerprint density at radius 2 is 1.04 bits per heavy atom. The van der Waals surface area contributed by atoms with Gasteiger partial charge in [-0.15, -0.1) is 24.8 Å². The molecule has 2 aromatic carbocycles. The second-order valence-electron chi connectivity index (χ2n) is 6.32. The summed E-state index contributed by atoms with van der Waals surface area (Å²) in [5, 5.41) is 3.25. The van der Waals surface area contributed by atoms with Gasteiger partial charge < -0.3 is 0 Å². The number of benzene rings is 2. The number of allylic oxidation sites excluding steroid dienone is 8. The van der Waals surface area contributed by atoms with Crippen molar-refractivity contribution >= 4 is 41.1 Å². The average Bonchev–Trinajstić information content (AvgIpc) is 3.35. The largest absolute Gasteiger partial charge is 0.147 e. The summed E-state index contributed by atoms with van der Waals surface area (Å²) in [5.41, 5.74) is 0. The van der Waals surface area contributed by atoms with E-state index in [1.54, 1.807) is 16.9 Å². The fourth-order valence-corrected chi connectivity index (χ4v) is 26.5. The molecular formula is C22H23Cl2SiZr. The van der Waals surface area contributed by atoms with Crippen LogP contribution in [0.3, 0.4) is 0 Å². The summed E-state index contributed by atoms with van der Waals surface area (Å²) in [6.07, 6.45) is 16.5. The third-order valence-corrected chi connectivity index (χ3v) is 26.3. The van der Waals surface area contributed by atoms with Crippen molar-refractivity contribution in [2.45, 2.75) is 12.8 Å². The van der Waals surface area contributed by atoms with Gasteiger partial charge in [0.1, 0.15) is 0 Å². The molecule has 0 saturated heterocycles. The molecule has 0 radical (unpaired) electrons. The molecule has 0 saturated carbocycles. The molecule has 0 heterocycles. The molecule has 0 bridgehead atoms. The minimum atomic E-state index is -1.89. The Kier molecular flexibility index (Phi) is 8.57. The van der Waals surface area contributed by atoms with E-state index in [-0.39, 0.29) is 24.8 Å². The number of hydrogen-bond donors (Lipinski definition) is 0. The molecule has 2 aliphatic carbocycles. The van der Waals surface area contributed by atoms with Gasteiger partial charge in [-0.1, -0.05) is 0 Å². The fraction of sp³-hybridized carbons (Fsp3) is 0.0909. The Labute approximate surface area is 177 Å². The molecule has 4 heteroatoms. The van der Waals surface area contributed by atoms with E-state index >= 15 is 0 Å². The summed E-state index contributed by atoms with van der Waals surface area (Å²) in [4.78, 5) is 0. The van der Waals surface area contributed by atoms with Gasteiger partial charge in [0, 0.05) is 0 Å².